The Morgan fingerprint density at radius 3 is 3.08 bits per heavy atom. The quantitative estimate of drug-likeness (QED) is 0.900. The highest BCUT2D eigenvalue weighted by atomic mass is 32.2. The minimum atomic E-state index is -0.0220. The molecule has 1 aromatic heterocycles. The summed E-state index contributed by atoms with van der Waals surface area (Å²) in [6, 6.07) is 8.16. The van der Waals surface area contributed by atoms with Gasteiger partial charge in [0.25, 0.3) is 0 Å². The molecule has 3 heterocycles. The Bertz CT molecular complexity index is 916. The van der Waals surface area contributed by atoms with E-state index in [4.69, 9.17) is 9.98 Å². The fraction of sp³-hybridized carbons (Fsp3) is 0.333. The number of hydrogen-bond donors (Lipinski definition) is 1. The van der Waals surface area contributed by atoms with Crippen LogP contribution in [0.25, 0.3) is 5.69 Å². The van der Waals surface area contributed by atoms with Gasteiger partial charge in [-0.05, 0) is 31.0 Å². The molecule has 0 unspecified atom stereocenters. The van der Waals surface area contributed by atoms with Gasteiger partial charge < -0.3 is 10.2 Å². The SMILES string of the molecule is CNC(=O)CSC1=Nc2c(cnn2-c2cccc(C)c2)C2=NCCCN12. The van der Waals surface area contributed by atoms with Crippen LogP contribution in [0.3, 0.4) is 0 Å². The summed E-state index contributed by atoms with van der Waals surface area (Å²) >= 11 is 1.43. The van der Waals surface area contributed by atoms with Crippen LogP contribution in [0.15, 0.2) is 40.4 Å². The van der Waals surface area contributed by atoms with E-state index in [0.29, 0.717) is 5.75 Å². The minimum absolute atomic E-state index is 0.0220. The summed E-state index contributed by atoms with van der Waals surface area (Å²) in [5.41, 5.74) is 3.07. The van der Waals surface area contributed by atoms with Crippen molar-refractivity contribution in [1.29, 1.82) is 0 Å². The number of benzene rings is 1. The zero-order valence-corrected chi connectivity index (χ0v) is 15.6. The Morgan fingerprint density at radius 2 is 2.27 bits per heavy atom. The molecule has 1 N–H and O–H groups in total. The number of nitrogens with one attached hydrogen (secondary N) is 1. The average Bonchev–Trinajstić information content (AvgIpc) is 3.10. The molecule has 0 bridgehead atoms. The van der Waals surface area contributed by atoms with Crippen molar-refractivity contribution in [3.8, 4) is 5.69 Å². The molecule has 0 fully saturated rings. The van der Waals surface area contributed by atoms with E-state index in [9.17, 15) is 4.79 Å². The molecule has 26 heavy (non-hydrogen) atoms. The maximum Gasteiger partial charge on any atom is 0.230 e. The lowest BCUT2D eigenvalue weighted by Gasteiger charge is -2.32. The number of amides is 1. The number of hydrogen-bond acceptors (Lipinski definition) is 6. The summed E-state index contributed by atoms with van der Waals surface area (Å²) in [5, 5.41) is 8.01. The maximum atomic E-state index is 11.7. The Morgan fingerprint density at radius 1 is 1.38 bits per heavy atom. The number of thioether (sulfide) groups is 1. The Labute approximate surface area is 156 Å². The third-order valence-corrected chi connectivity index (χ3v) is 5.31. The summed E-state index contributed by atoms with van der Waals surface area (Å²) < 4.78 is 1.84. The lowest BCUT2D eigenvalue weighted by atomic mass is 10.2. The number of aliphatic imine (C=N–C) groups is 2. The van der Waals surface area contributed by atoms with Gasteiger partial charge in [-0.2, -0.15) is 5.10 Å². The molecule has 7 nitrogen and oxygen atoms in total. The first-order chi connectivity index (χ1) is 12.7. The Balaban J connectivity index is 1.77. The highest BCUT2D eigenvalue weighted by molar-refractivity contribution is 8.14. The third kappa shape index (κ3) is 3.01. The third-order valence-electron chi connectivity index (χ3n) is 4.33. The minimum Gasteiger partial charge on any atom is -0.358 e. The standard InChI is InChI=1S/C18H20N6OS/c1-12-5-3-6-13(9-12)24-17-14(10-21-24)16-20-7-4-8-23(16)18(22-17)26-11-15(25)19-2/h3,5-6,9-10H,4,7-8,11H2,1-2H3,(H,19,25). The van der Waals surface area contributed by atoms with Gasteiger partial charge in [0.15, 0.2) is 11.0 Å². The molecule has 1 aromatic carbocycles. The highest BCUT2D eigenvalue weighted by Crippen LogP contribution is 2.33. The zero-order valence-electron chi connectivity index (χ0n) is 14.8. The molecule has 0 saturated heterocycles. The van der Waals surface area contributed by atoms with Crippen LogP contribution < -0.4 is 5.32 Å². The van der Waals surface area contributed by atoms with Crippen molar-refractivity contribution < 1.29 is 4.79 Å². The molecule has 2 aliphatic rings. The number of rotatable bonds is 3. The van der Waals surface area contributed by atoms with Crippen LogP contribution in [0.5, 0.6) is 0 Å². The van der Waals surface area contributed by atoms with Crippen molar-refractivity contribution in [3.05, 3.63) is 41.6 Å². The van der Waals surface area contributed by atoms with Crippen LogP contribution in [0, 0.1) is 6.92 Å². The first-order valence-corrected chi connectivity index (χ1v) is 9.55. The largest absolute Gasteiger partial charge is 0.358 e. The topological polar surface area (TPSA) is 74.9 Å². The maximum absolute atomic E-state index is 11.7. The molecule has 0 aliphatic carbocycles. The van der Waals surface area contributed by atoms with Gasteiger partial charge in [-0.3, -0.25) is 9.79 Å². The second kappa shape index (κ2) is 6.95. The van der Waals surface area contributed by atoms with Gasteiger partial charge >= 0.3 is 0 Å². The predicted octanol–water partition coefficient (Wildman–Crippen LogP) is 2.11. The van der Waals surface area contributed by atoms with Gasteiger partial charge in [-0.15, -0.1) is 0 Å². The summed E-state index contributed by atoms with van der Waals surface area (Å²) in [7, 11) is 1.64. The fourth-order valence-corrected chi connectivity index (χ4v) is 3.93. The van der Waals surface area contributed by atoms with Gasteiger partial charge in [0, 0.05) is 20.1 Å². The molecule has 1 amide bonds. The molecule has 0 spiro atoms. The first-order valence-electron chi connectivity index (χ1n) is 8.57. The lowest BCUT2D eigenvalue weighted by molar-refractivity contribution is -0.118. The van der Waals surface area contributed by atoms with Crippen LogP contribution in [0.1, 0.15) is 17.5 Å². The Kier molecular flexibility index (Phi) is 4.50. The molecule has 4 rings (SSSR count). The molecule has 0 radical (unpaired) electrons. The van der Waals surface area contributed by atoms with E-state index in [2.05, 4.69) is 34.4 Å². The van der Waals surface area contributed by atoms with Crippen LogP contribution >= 0.6 is 11.8 Å². The van der Waals surface area contributed by atoms with Gasteiger partial charge in [-0.1, -0.05) is 23.9 Å². The van der Waals surface area contributed by atoms with Gasteiger partial charge in [0.05, 0.1) is 23.2 Å². The van der Waals surface area contributed by atoms with E-state index in [0.717, 1.165) is 53.1 Å². The first kappa shape index (κ1) is 16.8. The molecule has 134 valence electrons. The Hall–Kier alpha value is -2.61. The van der Waals surface area contributed by atoms with Crippen molar-refractivity contribution in [3.63, 3.8) is 0 Å². The van der Waals surface area contributed by atoms with Crippen molar-refractivity contribution in [2.45, 2.75) is 13.3 Å². The van der Waals surface area contributed by atoms with E-state index in [1.54, 1.807) is 7.05 Å². The van der Waals surface area contributed by atoms with E-state index in [-0.39, 0.29) is 5.91 Å². The summed E-state index contributed by atoms with van der Waals surface area (Å²) in [4.78, 5) is 23.3. The lowest BCUT2D eigenvalue weighted by Crippen LogP contribution is -2.42. The second-order valence-corrected chi connectivity index (χ2v) is 7.14. The summed E-state index contributed by atoms with van der Waals surface area (Å²) in [6.07, 6.45) is 2.81. The van der Waals surface area contributed by atoms with E-state index < -0.39 is 0 Å². The van der Waals surface area contributed by atoms with Crippen LogP contribution in [0.2, 0.25) is 0 Å². The summed E-state index contributed by atoms with van der Waals surface area (Å²) in [6.45, 7) is 3.71. The molecule has 0 saturated carbocycles. The molecule has 2 aromatic rings. The monoisotopic (exact) mass is 368 g/mol. The smallest absolute Gasteiger partial charge is 0.230 e. The van der Waals surface area contributed by atoms with Crippen LogP contribution in [-0.4, -0.2) is 57.5 Å². The van der Waals surface area contributed by atoms with Crippen LogP contribution in [-0.2, 0) is 4.79 Å². The van der Waals surface area contributed by atoms with Crippen molar-refractivity contribution in [2.24, 2.45) is 9.98 Å². The van der Waals surface area contributed by atoms with E-state index in [1.807, 2.05) is 23.0 Å². The number of fused-ring (bicyclic) bond motifs is 3. The van der Waals surface area contributed by atoms with Crippen LogP contribution in [0.4, 0.5) is 5.82 Å². The number of aromatic nitrogens is 2. The number of carbonyl (C=O) groups is 1. The average molecular weight is 368 g/mol. The molecular weight excluding hydrogens is 348 g/mol. The number of nitrogens with zero attached hydrogens (tertiary/aromatic N) is 5. The van der Waals surface area contributed by atoms with Gasteiger partial charge in [-0.25, -0.2) is 9.67 Å². The number of carbonyl (C=O) groups excluding carboxylic acids is 1. The van der Waals surface area contributed by atoms with Gasteiger partial charge in [0.2, 0.25) is 5.91 Å². The highest BCUT2D eigenvalue weighted by Gasteiger charge is 2.31. The van der Waals surface area contributed by atoms with Gasteiger partial charge in [0.1, 0.15) is 5.84 Å². The number of amidine groups is 2. The van der Waals surface area contributed by atoms with Crippen molar-refractivity contribution in [2.75, 3.05) is 25.9 Å². The molecule has 0 atom stereocenters. The molecular formula is C18H20N6OS. The predicted molar refractivity (Wildman–Crippen MR) is 105 cm³/mol. The molecule has 8 heteroatoms. The molecule has 2 aliphatic heterocycles. The van der Waals surface area contributed by atoms with Crippen molar-refractivity contribution in [1.82, 2.24) is 20.0 Å². The second-order valence-electron chi connectivity index (χ2n) is 6.20. The summed E-state index contributed by atoms with van der Waals surface area (Å²) in [5.74, 6) is 1.98. The van der Waals surface area contributed by atoms with E-state index in [1.165, 1.54) is 11.8 Å². The van der Waals surface area contributed by atoms with E-state index >= 15 is 0 Å². The number of aryl methyl sites for hydroxylation is 1. The fourth-order valence-electron chi connectivity index (χ4n) is 3.04. The normalized spacial score (nSPS) is 15.7. The van der Waals surface area contributed by atoms with Crippen molar-refractivity contribution >= 4 is 34.5 Å². The zero-order chi connectivity index (χ0) is 18.1.